The van der Waals surface area contributed by atoms with Gasteiger partial charge in [-0.2, -0.15) is 0 Å². The Kier molecular flexibility index (Phi) is 6.33. The highest BCUT2D eigenvalue weighted by atomic mass is 16.1. The van der Waals surface area contributed by atoms with E-state index in [-0.39, 0.29) is 11.6 Å². The topological polar surface area (TPSA) is 46.4 Å². The Bertz CT molecular complexity index is 1050. The number of rotatable bonds is 6. The molecule has 0 bridgehead atoms. The van der Waals surface area contributed by atoms with Crippen molar-refractivity contribution in [2.75, 3.05) is 0 Å². The third-order valence-electron chi connectivity index (χ3n) is 6.48. The molecular weight excluding hydrogens is 370 g/mol. The van der Waals surface area contributed by atoms with Gasteiger partial charge >= 0.3 is 0 Å². The second-order valence-corrected chi connectivity index (χ2v) is 9.05. The van der Waals surface area contributed by atoms with Crippen molar-refractivity contribution in [2.24, 2.45) is 5.92 Å². The molecule has 4 rings (SSSR count). The molecule has 3 aromatic rings. The van der Waals surface area contributed by atoms with E-state index in [1.54, 1.807) is 10.5 Å². The summed E-state index contributed by atoms with van der Waals surface area (Å²) in [4.78, 5) is 17.2. The number of aryl methyl sites for hydroxylation is 1. The Hall–Kier alpha value is -2.46. The first kappa shape index (κ1) is 20.8. The zero-order valence-corrected chi connectivity index (χ0v) is 18.4. The first-order chi connectivity index (χ1) is 14.5. The van der Waals surface area contributed by atoms with Crippen molar-refractivity contribution in [2.45, 2.75) is 71.4 Å². The minimum Gasteiger partial charge on any atom is -0.304 e. The lowest BCUT2D eigenvalue weighted by molar-refractivity contribution is 0.407. The van der Waals surface area contributed by atoms with Crippen LogP contribution >= 0.6 is 0 Å². The van der Waals surface area contributed by atoms with Crippen molar-refractivity contribution in [3.8, 4) is 0 Å². The summed E-state index contributed by atoms with van der Waals surface area (Å²) in [5.41, 5.74) is 5.17. The van der Waals surface area contributed by atoms with Crippen molar-refractivity contribution >= 4 is 5.65 Å². The summed E-state index contributed by atoms with van der Waals surface area (Å²) in [6.07, 6.45) is 6.77. The van der Waals surface area contributed by atoms with Gasteiger partial charge in [0, 0.05) is 24.3 Å². The molecule has 0 spiro atoms. The van der Waals surface area contributed by atoms with Gasteiger partial charge < -0.3 is 5.32 Å². The minimum atomic E-state index is -0.0205. The van der Waals surface area contributed by atoms with Gasteiger partial charge in [-0.05, 0) is 54.9 Å². The summed E-state index contributed by atoms with van der Waals surface area (Å²) >= 11 is 0. The van der Waals surface area contributed by atoms with Crippen LogP contribution in [0.15, 0.2) is 53.3 Å². The SMILES string of the molecule is Cc1cccc2nc(CN[C@H](c3ccc(C4CCCCC4)cc3)C(C)C)cc(=O)n12. The van der Waals surface area contributed by atoms with Crippen LogP contribution in [0.1, 0.15) is 80.4 Å². The van der Waals surface area contributed by atoms with Gasteiger partial charge in [-0.25, -0.2) is 4.98 Å². The summed E-state index contributed by atoms with van der Waals surface area (Å²) < 4.78 is 1.66. The van der Waals surface area contributed by atoms with E-state index in [2.05, 4.69) is 43.4 Å². The van der Waals surface area contributed by atoms with Gasteiger partial charge in [0.25, 0.3) is 5.56 Å². The molecule has 4 heteroatoms. The molecule has 1 N–H and O–H groups in total. The van der Waals surface area contributed by atoms with Crippen LogP contribution in [-0.2, 0) is 6.54 Å². The molecule has 0 aliphatic heterocycles. The van der Waals surface area contributed by atoms with E-state index < -0.39 is 0 Å². The van der Waals surface area contributed by atoms with E-state index in [4.69, 9.17) is 4.98 Å². The third kappa shape index (κ3) is 4.49. The van der Waals surface area contributed by atoms with Gasteiger partial charge in [-0.3, -0.25) is 9.20 Å². The van der Waals surface area contributed by atoms with Gasteiger partial charge in [-0.15, -0.1) is 0 Å². The number of aromatic nitrogens is 2. The van der Waals surface area contributed by atoms with Crippen LogP contribution in [0.3, 0.4) is 0 Å². The van der Waals surface area contributed by atoms with Gasteiger partial charge in [-0.1, -0.05) is 63.4 Å². The van der Waals surface area contributed by atoms with Gasteiger partial charge in [0.05, 0.1) is 5.69 Å². The highest BCUT2D eigenvalue weighted by Crippen LogP contribution is 2.33. The molecule has 1 saturated carbocycles. The highest BCUT2D eigenvalue weighted by molar-refractivity contribution is 5.40. The summed E-state index contributed by atoms with van der Waals surface area (Å²) in [6, 6.07) is 16.9. The monoisotopic (exact) mass is 403 g/mol. The van der Waals surface area contributed by atoms with Crippen LogP contribution < -0.4 is 10.9 Å². The van der Waals surface area contributed by atoms with Crippen molar-refractivity contribution in [3.05, 3.63) is 81.4 Å². The van der Waals surface area contributed by atoms with Gasteiger partial charge in [0.2, 0.25) is 0 Å². The maximum Gasteiger partial charge on any atom is 0.258 e. The van der Waals surface area contributed by atoms with Gasteiger partial charge in [0.1, 0.15) is 5.65 Å². The van der Waals surface area contributed by atoms with E-state index in [0.717, 1.165) is 17.3 Å². The second-order valence-electron chi connectivity index (χ2n) is 9.05. The normalized spacial score (nSPS) is 16.3. The molecule has 0 unspecified atom stereocenters. The molecule has 0 amide bonds. The van der Waals surface area contributed by atoms with E-state index in [1.165, 1.54) is 43.2 Å². The maximum atomic E-state index is 12.6. The van der Waals surface area contributed by atoms with Crippen LogP contribution in [0.2, 0.25) is 0 Å². The number of hydrogen-bond acceptors (Lipinski definition) is 3. The molecule has 1 aliphatic rings. The average molecular weight is 404 g/mol. The fraction of sp³-hybridized carbons (Fsp3) is 0.462. The molecule has 1 atom stereocenters. The first-order valence-corrected chi connectivity index (χ1v) is 11.3. The molecule has 2 aromatic heterocycles. The number of pyridine rings is 1. The Balaban J connectivity index is 1.50. The van der Waals surface area contributed by atoms with Crippen LogP contribution in [-0.4, -0.2) is 9.38 Å². The molecule has 2 heterocycles. The molecule has 1 aliphatic carbocycles. The zero-order chi connectivity index (χ0) is 21.1. The predicted molar refractivity (Wildman–Crippen MR) is 123 cm³/mol. The molecular formula is C26H33N3O. The second kappa shape index (κ2) is 9.13. The standard InChI is InChI=1S/C26H33N3O/c1-18(2)26(22-14-12-21(13-15-22)20-9-5-4-6-10-20)27-17-23-16-25(30)29-19(3)8-7-11-24(29)28-23/h7-8,11-16,18,20,26-27H,4-6,9-10,17H2,1-3H3/t26-/m0/s1. The third-order valence-corrected chi connectivity index (χ3v) is 6.48. The van der Waals surface area contributed by atoms with Crippen LogP contribution in [0, 0.1) is 12.8 Å². The van der Waals surface area contributed by atoms with Crippen LogP contribution in [0.5, 0.6) is 0 Å². The number of fused-ring (bicyclic) bond motifs is 1. The molecule has 1 fully saturated rings. The molecule has 0 radical (unpaired) electrons. The van der Waals surface area contributed by atoms with Crippen molar-refractivity contribution in [3.63, 3.8) is 0 Å². The fourth-order valence-corrected chi connectivity index (χ4v) is 4.82. The lowest BCUT2D eigenvalue weighted by Crippen LogP contribution is -2.27. The van der Waals surface area contributed by atoms with E-state index in [9.17, 15) is 4.79 Å². The molecule has 1 aromatic carbocycles. The average Bonchev–Trinajstić information content (AvgIpc) is 2.74. The Morgan fingerprint density at radius 2 is 1.80 bits per heavy atom. The number of nitrogens with one attached hydrogen (secondary N) is 1. The van der Waals surface area contributed by atoms with Crippen LogP contribution in [0.4, 0.5) is 0 Å². The largest absolute Gasteiger partial charge is 0.304 e. The summed E-state index contributed by atoms with van der Waals surface area (Å²) in [5, 5.41) is 3.65. The quantitative estimate of drug-likeness (QED) is 0.588. The molecule has 0 saturated heterocycles. The lowest BCUT2D eigenvalue weighted by Gasteiger charge is -2.25. The first-order valence-electron chi connectivity index (χ1n) is 11.3. The van der Waals surface area contributed by atoms with Crippen molar-refractivity contribution in [1.82, 2.24) is 14.7 Å². The predicted octanol–water partition coefficient (Wildman–Crippen LogP) is 5.54. The highest BCUT2D eigenvalue weighted by Gasteiger charge is 2.19. The van der Waals surface area contributed by atoms with E-state index in [1.807, 2.05) is 25.1 Å². The zero-order valence-electron chi connectivity index (χ0n) is 18.4. The summed E-state index contributed by atoms with van der Waals surface area (Å²) in [5.74, 6) is 1.17. The smallest absolute Gasteiger partial charge is 0.258 e. The lowest BCUT2D eigenvalue weighted by atomic mass is 9.83. The van der Waals surface area contributed by atoms with E-state index in [0.29, 0.717) is 18.1 Å². The van der Waals surface area contributed by atoms with Crippen molar-refractivity contribution in [1.29, 1.82) is 0 Å². The summed E-state index contributed by atoms with van der Waals surface area (Å²) in [6.45, 7) is 6.98. The Morgan fingerprint density at radius 3 is 2.50 bits per heavy atom. The number of nitrogens with zero attached hydrogens (tertiary/aromatic N) is 2. The van der Waals surface area contributed by atoms with E-state index >= 15 is 0 Å². The van der Waals surface area contributed by atoms with Crippen molar-refractivity contribution < 1.29 is 0 Å². The van der Waals surface area contributed by atoms with Crippen LogP contribution in [0.25, 0.3) is 5.65 Å². The number of hydrogen-bond donors (Lipinski definition) is 1. The Labute approximate surface area is 179 Å². The number of benzene rings is 1. The molecule has 4 nitrogen and oxygen atoms in total. The minimum absolute atomic E-state index is 0.0205. The molecule has 30 heavy (non-hydrogen) atoms. The Morgan fingerprint density at radius 1 is 1.07 bits per heavy atom. The van der Waals surface area contributed by atoms with Gasteiger partial charge in [0.15, 0.2) is 0 Å². The fourth-order valence-electron chi connectivity index (χ4n) is 4.82. The maximum absolute atomic E-state index is 12.6. The molecule has 158 valence electrons. The summed E-state index contributed by atoms with van der Waals surface area (Å²) in [7, 11) is 0.